The quantitative estimate of drug-likeness (QED) is 0.774. The Morgan fingerprint density at radius 1 is 1.43 bits per heavy atom. The number of rotatable bonds is 1. The molecule has 1 unspecified atom stereocenters. The molecule has 0 saturated heterocycles. The van der Waals surface area contributed by atoms with Crippen LogP contribution in [-0.4, -0.2) is 10.9 Å². The predicted octanol–water partition coefficient (Wildman–Crippen LogP) is 2.88. The minimum Gasteiger partial charge on any atom is -0.508 e. The molecule has 0 spiro atoms. The van der Waals surface area contributed by atoms with Gasteiger partial charge in [-0.05, 0) is 25.0 Å². The Hall–Kier alpha value is -1.02. The third kappa shape index (κ3) is 1.62. The second kappa shape index (κ2) is 3.62. The summed E-state index contributed by atoms with van der Waals surface area (Å²) in [5, 5.41) is 10.1. The molecule has 3 heteroatoms. The molecule has 0 amide bonds. The van der Waals surface area contributed by atoms with Crippen molar-refractivity contribution >= 4 is 17.4 Å². The molecule has 14 heavy (non-hydrogen) atoms. The van der Waals surface area contributed by atoms with Gasteiger partial charge in [-0.25, -0.2) is 0 Å². The van der Waals surface area contributed by atoms with E-state index in [-0.39, 0.29) is 17.5 Å². The third-order valence-electron chi connectivity index (χ3n) is 2.67. The maximum atomic E-state index is 11.5. The number of phenols is 1. The van der Waals surface area contributed by atoms with Crippen molar-refractivity contribution in [2.75, 3.05) is 0 Å². The Kier molecular flexibility index (Phi) is 2.46. The van der Waals surface area contributed by atoms with Crippen LogP contribution in [0.15, 0.2) is 18.2 Å². The number of Topliss-reactive ketones (excluding diaryl/α,β-unsaturated/α-hetero) is 1. The molecule has 1 N–H and O–H groups in total. The van der Waals surface area contributed by atoms with Crippen LogP contribution in [0.4, 0.5) is 0 Å². The third-order valence-corrected chi connectivity index (χ3v) is 2.91. The highest BCUT2D eigenvalue weighted by molar-refractivity contribution is 6.30. The highest BCUT2D eigenvalue weighted by atomic mass is 35.5. The minimum absolute atomic E-state index is 0.118. The highest BCUT2D eigenvalue weighted by Crippen LogP contribution is 2.36. The number of phenolic OH excluding ortho intramolecular Hbond substituents is 1. The van der Waals surface area contributed by atoms with Gasteiger partial charge in [-0.3, -0.25) is 4.79 Å². The van der Waals surface area contributed by atoms with E-state index in [0.717, 1.165) is 18.4 Å². The Morgan fingerprint density at radius 3 is 2.79 bits per heavy atom. The van der Waals surface area contributed by atoms with E-state index in [9.17, 15) is 9.90 Å². The summed E-state index contributed by atoms with van der Waals surface area (Å²) in [6, 6.07) is 4.94. The van der Waals surface area contributed by atoms with Crippen LogP contribution < -0.4 is 0 Å². The molecule has 0 heterocycles. The molecule has 0 radical (unpaired) electrons. The second-order valence-electron chi connectivity index (χ2n) is 3.61. The van der Waals surface area contributed by atoms with Crippen LogP contribution in [0.5, 0.6) is 5.75 Å². The van der Waals surface area contributed by atoms with Gasteiger partial charge in [-0.2, -0.15) is 0 Å². The summed E-state index contributed by atoms with van der Waals surface area (Å²) in [5.41, 5.74) is 0.719. The van der Waals surface area contributed by atoms with E-state index in [4.69, 9.17) is 11.6 Å². The molecule has 2 nitrogen and oxygen atoms in total. The van der Waals surface area contributed by atoms with Crippen molar-refractivity contribution in [1.82, 2.24) is 0 Å². The van der Waals surface area contributed by atoms with Crippen LogP contribution in [0.1, 0.15) is 30.7 Å². The van der Waals surface area contributed by atoms with Crippen molar-refractivity contribution in [3.05, 3.63) is 28.8 Å². The Bertz CT molecular complexity index is 374. The van der Waals surface area contributed by atoms with E-state index in [1.807, 2.05) is 0 Å². The van der Waals surface area contributed by atoms with Crippen LogP contribution in [0.2, 0.25) is 5.02 Å². The minimum atomic E-state index is -0.118. The van der Waals surface area contributed by atoms with E-state index in [0.29, 0.717) is 11.4 Å². The lowest BCUT2D eigenvalue weighted by atomic mass is 9.96. The molecular formula is C11H11ClO2. The number of benzene rings is 1. The summed E-state index contributed by atoms with van der Waals surface area (Å²) in [4.78, 5) is 11.5. The lowest BCUT2D eigenvalue weighted by Crippen LogP contribution is -2.04. The Morgan fingerprint density at radius 2 is 2.21 bits per heavy atom. The largest absolute Gasteiger partial charge is 0.508 e. The molecule has 0 bridgehead atoms. The molecule has 1 aromatic rings. The van der Waals surface area contributed by atoms with Gasteiger partial charge in [-0.15, -0.1) is 0 Å². The fourth-order valence-corrected chi connectivity index (χ4v) is 2.12. The SMILES string of the molecule is O=C1CCCC1c1ccc(Cl)cc1O. The van der Waals surface area contributed by atoms with Gasteiger partial charge < -0.3 is 5.11 Å². The zero-order valence-electron chi connectivity index (χ0n) is 7.66. The zero-order chi connectivity index (χ0) is 10.1. The average Bonchev–Trinajstić information content (AvgIpc) is 2.52. The van der Waals surface area contributed by atoms with Gasteiger partial charge in [0.15, 0.2) is 0 Å². The normalized spacial score (nSPS) is 21.5. The van der Waals surface area contributed by atoms with Gasteiger partial charge in [0.1, 0.15) is 11.5 Å². The number of carbonyl (C=O) groups is 1. The first-order chi connectivity index (χ1) is 6.68. The van der Waals surface area contributed by atoms with Crippen molar-refractivity contribution in [2.24, 2.45) is 0 Å². The first kappa shape index (κ1) is 9.53. The van der Waals surface area contributed by atoms with Gasteiger partial charge in [0.25, 0.3) is 0 Å². The Balaban J connectivity index is 2.36. The topological polar surface area (TPSA) is 37.3 Å². The van der Waals surface area contributed by atoms with Crippen molar-refractivity contribution < 1.29 is 9.90 Å². The van der Waals surface area contributed by atoms with E-state index < -0.39 is 0 Å². The number of hydrogen-bond acceptors (Lipinski definition) is 2. The second-order valence-corrected chi connectivity index (χ2v) is 4.05. The molecule has 1 aliphatic carbocycles. The number of ketones is 1. The molecule has 2 rings (SSSR count). The molecule has 1 aliphatic rings. The van der Waals surface area contributed by atoms with Gasteiger partial charge in [0.2, 0.25) is 0 Å². The summed E-state index contributed by atoms with van der Waals surface area (Å²) < 4.78 is 0. The molecule has 1 aromatic carbocycles. The summed E-state index contributed by atoms with van der Waals surface area (Å²) in [6.45, 7) is 0. The van der Waals surface area contributed by atoms with E-state index in [1.165, 1.54) is 6.07 Å². The van der Waals surface area contributed by atoms with Gasteiger partial charge in [0, 0.05) is 22.9 Å². The first-order valence-electron chi connectivity index (χ1n) is 4.69. The number of aromatic hydroxyl groups is 1. The maximum absolute atomic E-state index is 11.5. The molecule has 1 fully saturated rings. The van der Waals surface area contributed by atoms with Crippen molar-refractivity contribution in [2.45, 2.75) is 25.2 Å². The Labute approximate surface area is 87.5 Å². The van der Waals surface area contributed by atoms with Crippen LogP contribution in [0.25, 0.3) is 0 Å². The van der Waals surface area contributed by atoms with Crippen molar-refractivity contribution in [1.29, 1.82) is 0 Å². The molecule has 74 valence electrons. The van der Waals surface area contributed by atoms with Crippen LogP contribution in [0.3, 0.4) is 0 Å². The van der Waals surface area contributed by atoms with E-state index in [1.54, 1.807) is 12.1 Å². The van der Waals surface area contributed by atoms with Crippen LogP contribution >= 0.6 is 11.6 Å². The van der Waals surface area contributed by atoms with Gasteiger partial charge >= 0.3 is 0 Å². The molecule has 0 aliphatic heterocycles. The first-order valence-corrected chi connectivity index (χ1v) is 5.07. The fourth-order valence-electron chi connectivity index (χ4n) is 1.96. The molecule has 1 atom stereocenters. The highest BCUT2D eigenvalue weighted by Gasteiger charge is 2.27. The lowest BCUT2D eigenvalue weighted by molar-refractivity contribution is -0.118. The lowest BCUT2D eigenvalue weighted by Gasteiger charge is -2.10. The summed E-state index contributed by atoms with van der Waals surface area (Å²) in [5.74, 6) is 0.243. The van der Waals surface area contributed by atoms with Gasteiger partial charge in [0.05, 0.1) is 0 Å². The van der Waals surface area contributed by atoms with E-state index >= 15 is 0 Å². The number of carbonyl (C=O) groups excluding carboxylic acids is 1. The number of halogens is 1. The standard InChI is InChI=1S/C11H11ClO2/c12-7-4-5-9(11(14)6-7)8-2-1-3-10(8)13/h4-6,8,14H,1-3H2. The monoisotopic (exact) mass is 210 g/mol. The fraction of sp³-hybridized carbons (Fsp3) is 0.364. The van der Waals surface area contributed by atoms with Crippen molar-refractivity contribution in [3.63, 3.8) is 0 Å². The van der Waals surface area contributed by atoms with Gasteiger partial charge in [-0.1, -0.05) is 17.7 Å². The summed E-state index contributed by atoms with van der Waals surface area (Å²) in [6.07, 6.45) is 2.40. The average molecular weight is 211 g/mol. The molecular weight excluding hydrogens is 200 g/mol. The summed E-state index contributed by atoms with van der Waals surface area (Å²) >= 11 is 5.72. The van der Waals surface area contributed by atoms with E-state index in [2.05, 4.69) is 0 Å². The smallest absolute Gasteiger partial charge is 0.140 e. The molecule has 1 saturated carbocycles. The zero-order valence-corrected chi connectivity index (χ0v) is 8.42. The van der Waals surface area contributed by atoms with Crippen LogP contribution in [-0.2, 0) is 4.79 Å². The van der Waals surface area contributed by atoms with Crippen molar-refractivity contribution in [3.8, 4) is 5.75 Å². The number of hydrogen-bond donors (Lipinski definition) is 1. The molecule has 0 aromatic heterocycles. The maximum Gasteiger partial charge on any atom is 0.140 e. The summed E-state index contributed by atoms with van der Waals surface area (Å²) in [7, 11) is 0. The van der Waals surface area contributed by atoms with Crippen LogP contribution in [0, 0.1) is 0 Å². The predicted molar refractivity (Wildman–Crippen MR) is 54.7 cm³/mol.